The maximum Gasteiger partial charge on any atom is 0.254 e. The number of pyridine rings is 1. The van der Waals surface area contributed by atoms with Gasteiger partial charge in [0.15, 0.2) is 11.5 Å². The number of aromatic nitrogens is 3. The Morgan fingerprint density at radius 1 is 0.933 bits per heavy atom. The van der Waals surface area contributed by atoms with E-state index in [2.05, 4.69) is 14.9 Å². The summed E-state index contributed by atoms with van der Waals surface area (Å²) in [5.74, 6) is 2.05. The molecule has 1 amide bonds. The van der Waals surface area contributed by atoms with Gasteiger partial charge in [-0.3, -0.25) is 4.79 Å². The molecule has 0 radical (unpaired) electrons. The minimum Gasteiger partial charge on any atom is -0.454 e. The molecule has 2 aliphatic rings. The van der Waals surface area contributed by atoms with Gasteiger partial charge in [-0.15, -0.1) is 0 Å². The van der Waals surface area contributed by atoms with Gasteiger partial charge in [0.2, 0.25) is 12.7 Å². The van der Waals surface area contributed by atoms with Crippen LogP contribution < -0.4 is 14.4 Å². The van der Waals surface area contributed by atoms with Gasteiger partial charge in [-0.2, -0.15) is 0 Å². The fraction of sp³-hybridized carbons (Fsp3) is 0.238. The standard InChI is InChI=1S/C21H18ClN5O3/c22-19-12-15(3-5-23-19)20(28)26-7-9-27(10-8-26)21-24-6-4-16(25-21)14-1-2-17-18(11-14)30-13-29-17/h1-6,11-12H,7-10,13H2. The molecule has 1 aromatic carbocycles. The predicted molar refractivity (Wildman–Crippen MR) is 111 cm³/mol. The molecular weight excluding hydrogens is 406 g/mol. The van der Waals surface area contributed by atoms with Crippen molar-refractivity contribution in [1.82, 2.24) is 19.9 Å². The van der Waals surface area contributed by atoms with Gasteiger partial charge in [0, 0.05) is 49.7 Å². The second-order valence-electron chi connectivity index (χ2n) is 6.96. The lowest BCUT2D eigenvalue weighted by molar-refractivity contribution is 0.0746. The Bertz CT molecular complexity index is 1100. The third-order valence-corrected chi connectivity index (χ3v) is 5.34. The molecule has 3 aromatic rings. The smallest absolute Gasteiger partial charge is 0.254 e. The molecule has 0 N–H and O–H groups in total. The Morgan fingerprint density at radius 3 is 2.57 bits per heavy atom. The van der Waals surface area contributed by atoms with E-state index in [9.17, 15) is 4.79 Å². The number of fused-ring (bicyclic) bond motifs is 1. The van der Waals surface area contributed by atoms with Crippen molar-refractivity contribution in [3.63, 3.8) is 0 Å². The van der Waals surface area contributed by atoms with Crippen LogP contribution in [0.2, 0.25) is 5.15 Å². The second kappa shape index (κ2) is 7.79. The highest BCUT2D eigenvalue weighted by Crippen LogP contribution is 2.35. The van der Waals surface area contributed by atoms with Crippen LogP contribution in [0.1, 0.15) is 10.4 Å². The summed E-state index contributed by atoms with van der Waals surface area (Å²) in [6.07, 6.45) is 3.29. The van der Waals surface area contributed by atoms with Crippen molar-refractivity contribution in [2.24, 2.45) is 0 Å². The van der Waals surface area contributed by atoms with Crippen molar-refractivity contribution in [2.45, 2.75) is 0 Å². The molecule has 4 heterocycles. The summed E-state index contributed by atoms with van der Waals surface area (Å²) in [5.41, 5.74) is 2.29. The summed E-state index contributed by atoms with van der Waals surface area (Å²) in [6.45, 7) is 2.69. The average molecular weight is 424 g/mol. The maximum absolute atomic E-state index is 12.7. The highest BCUT2D eigenvalue weighted by atomic mass is 35.5. The summed E-state index contributed by atoms with van der Waals surface area (Å²) >= 11 is 5.91. The number of halogens is 1. The van der Waals surface area contributed by atoms with Gasteiger partial charge < -0.3 is 19.3 Å². The lowest BCUT2D eigenvalue weighted by atomic mass is 10.1. The Balaban J connectivity index is 1.29. The first-order valence-corrected chi connectivity index (χ1v) is 9.94. The number of nitrogens with zero attached hydrogens (tertiary/aromatic N) is 5. The van der Waals surface area contributed by atoms with E-state index in [1.54, 1.807) is 24.5 Å². The number of carbonyl (C=O) groups excluding carboxylic acids is 1. The zero-order chi connectivity index (χ0) is 20.5. The van der Waals surface area contributed by atoms with Crippen LogP contribution in [0.15, 0.2) is 48.8 Å². The van der Waals surface area contributed by atoms with Crippen LogP contribution in [0.4, 0.5) is 5.95 Å². The molecule has 0 atom stereocenters. The first-order chi connectivity index (χ1) is 14.7. The van der Waals surface area contributed by atoms with Crippen molar-refractivity contribution in [1.29, 1.82) is 0 Å². The maximum atomic E-state index is 12.7. The van der Waals surface area contributed by atoms with E-state index in [1.807, 2.05) is 29.2 Å². The number of amides is 1. The molecule has 0 aliphatic carbocycles. The topological polar surface area (TPSA) is 80.7 Å². The number of carbonyl (C=O) groups is 1. The summed E-state index contributed by atoms with van der Waals surface area (Å²) in [6, 6.07) is 10.9. The van der Waals surface area contributed by atoms with Crippen molar-refractivity contribution in [3.05, 3.63) is 59.5 Å². The summed E-state index contributed by atoms with van der Waals surface area (Å²) < 4.78 is 10.8. The van der Waals surface area contributed by atoms with E-state index in [4.69, 9.17) is 26.1 Å². The van der Waals surface area contributed by atoms with E-state index in [0.717, 1.165) is 22.8 Å². The number of ether oxygens (including phenoxy) is 2. The molecule has 152 valence electrons. The quantitative estimate of drug-likeness (QED) is 0.599. The number of anilines is 1. The van der Waals surface area contributed by atoms with E-state index in [-0.39, 0.29) is 12.7 Å². The van der Waals surface area contributed by atoms with Crippen LogP contribution in [0, 0.1) is 0 Å². The van der Waals surface area contributed by atoms with Gasteiger partial charge in [0.1, 0.15) is 5.15 Å². The molecule has 2 aromatic heterocycles. The zero-order valence-corrected chi connectivity index (χ0v) is 16.7. The van der Waals surface area contributed by atoms with Gasteiger partial charge in [-0.25, -0.2) is 15.0 Å². The summed E-state index contributed by atoms with van der Waals surface area (Å²) in [4.78, 5) is 29.7. The second-order valence-corrected chi connectivity index (χ2v) is 7.34. The normalized spacial score (nSPS) is 15.4. The van der Waals surface area contributed by atoms with Crippen molar-refractivity contribution >= 4 is 23.5 Å². The predicted octanol–water partition coefficient (Wildman–Crippen LogP) is 2.88. The lowest BCUT2D eigenvalue weighted by Gasteiger charge is -2.34. The van der Waals surface area contributed by atoms with Crippen LogP contribution in [0.3, 0.4) is 0 Å². The van der Waals surface area contributed by atoms with Crippen LogP contribution in [-0.4, -0.2) is 58.7 Å². The van der Waals surface area contributed by atoms with E-state index in [0.29, 0.717) is 42.8 Å². The van der Waals surface area contributed by atoms with Crippen LogP contribution in [-0.2, 0) is 0 Å². The number of benzene rings is 1. The van der Waals surface area contributed by atoms with Crippen molar-refractivity contribution < 1.29 is 14.3 Å². The first kappa shape index (κ1) is 18.6. The molecular formula is C21H18ClN5O3. The first-order valence-electron chi connectivity index (χ1n) is 9.56. The highest BCUT2D eigenvalue weighted by Gasteiger charge is 2.24. The minimum atomic E-state index is -0.0472. The van der Waals surface area contributed by atoms with Crippen LogP contribution in [0.5, 0.6) is 11.5 Å². The molecule has 2 aliphatic heterocycles. The third kappa shape index (κ3) is 3.61. The van der Waals surface area contributed by atoms with E-state index in [1.165, 1.54) is 0 Å². The van der Waals surface area contributed by atoms with Crippen molar-refractivity contribution in [2.75, 3.05) is 37.9 Å². The fourth-order valence-electron chi connectivity index (χ4n) is 3.55. The van der Waals surface area contributed by atoms with Crippen LogP contribution in [0.25, 0.3) is 11.3 Å². The van der Waals surface area contributed by atoms with E-state index >= 15 is 0 Å². The molecule has 1 fully saturated rings. The number of piperazine rings is 1. The zero-order valence-electron chi connectivity index (χ0n) is 16.0. The fourth-order valence-corrected chi connectivity index (χ4v) is 3.72. The SMILES string of the molecule is O=C(c1ccnc(Cl)c1)N1CCN(c2nccc(-c3ccc4c(c3)OCO4)n2)CC1. The van der Waals surface area contributed by atoms with Gasteiger partial charge >= 0.3 is 0 Å². The van der Waals surface area contributed by atoms with E-state index < -0.39 is 0 Å². The molecule has 0 unspecified atom stereocenters. The monoisotopic (exact) mass is 423 g/mol. The molecule has 8 nitrogen and oxygen atoms in total. The van der Waals surface area contributed by atoms with Gasteiger partial charge in [0.25, 0.3) is 5.91 Å². The molecule has 0 spiro atoms. The van der Waals surface area contributed by atoms with Gasteiger partial charge in [0.05, 0.1) is 5.69 Å². The number of hydrogen-bond acceptors (Lipinski definition) is 7. The molecule has 0 saturated carbocycles. The van der Waals surface area contributed by atoms with Gasteiger partial charge in [-0.05, 0) is 36.4 Å². The highest BCUT2D eigenvalue weighted by molar-refractivity contribution is 6.29. The average Bonchev–Trinajstić information content (AvgIpc) is 3.27. The van der Waals surface area contributed by atoms with Crippen molar-refractivity contribution in [3.8, 4) is 22.8 Å². The molecule has 1 saturated heterocycles. The largest absolute Gasteiger partial charge is 0.454 e. The Morgan fingerprint density at radius 2 is 1.73 bits per heavy atom. The molecule has 9 heteroatoms. The molecule has 0 bridgehead atoms. The van der Waals surface area contributed by atoms with Gasteiger partial charge in [-0.1, -0.05) is 11.6 Å². The Labute approximate surface area is 178 Å². The minimum absolute atomic E-state index is 0.0472. The number of rotatable bonds is 3. The Hall–Kier alpha value is -3.39. The molecule has 5 rings (SSSR count). The molecule has 30 heavy (non-hydrogen) atoms. The third-order valence-electron chi connectivity index (χ3n) is 5.13. The number of hydrogen-bond donors (Lipinski definition) is 0. The van der Waals surface area contributed by atoms with Crippen LogP contribution >= 0.6 is 11.6 Å². The summed E-state index contributed by atoms with van der Waals surface area (Å²) in [5, 5.41) is 0.313. The lowest BCUT2D eigenvalue weighted by Crippen LogP contribution is -2.49. The Kier molecular flexibility index (Phi) is 4.84. The summed E-state index contributed by atoms with van der Waals surface area (Å²) in [7, 11) is 0.